The molecule has 0 aromatic carbocycles. The average molecular weight is 340 g/mol. The second-order valence-electron chi connectivity index (χ2n) is 6.01. The molecular weight excluding hydrogens is 310 g/mol. The molecule has 23 heavy (non-hydrogen) atoms. The number of thioether (sulfide) groups is 1. The number of rotatable bonds is 6. The fraction of sp³-hybridized carbons (Fsp3) is 0.706. The molecule has 0 saturated carbocycles. The van der Waals surface area contributed by atoms with Gasteiger partial charge in [-0.3, -0.25) is 4.99 Å². The zero-order valence-electron chi connectivity index (χ0n) is 14.6. The number of hydrogen-bond donors (Lipinski definition) is 2. The van der Waals surface area contributed by atoms with E-state index < -0.39 is 0 Å². The summed E-state index contributed by atoms with van der Waals surface area (Å²) in [6.45, 7) is 9.44. The largest absolute Gasteiger partial charge is 0.464 e. The van der Waals surface area contributed by atoms with E-state index in [1.54, 1.807) is 0 Å². The molecule has 2 rings (SSSR count). The number of aryl methyl sites for hydroxylation is 1. The number of hydrogen-bond acceptors (Lipinski definition) is 4. The van der Waals surface area contributed by atoms with Crippen LogP contribution in [0.4, 0.5) is 0 Å². The number of aliphatic imine (C=N–C) groups is 1. The molecule has 130 valence electrons. The van der Waals surface area contributed by atoms with Crippen molar-refractivity contribution in [3.05, 3.63) is 23.7 Å². The van der Waals surface area contributed by atoms with Crippen molar-refractivity contribution in [1.82, 2.24) is 10.6 Å². The number of guanidine groups is 1. The molecule has 5 nitrogen and oxygen atoms in total. The Bertz CT molecular complexity index is 510. The molecule has 1 unspecified atom stereocenters. The highest BCUT2D eigenvalue weighted by Gasteiger charge is 2.31. The zero-order valence-corrected chi connectivity index (χ0v) is 15.5. The van der Waals surface area contributed by atoms with Gasteiger partial charge in [-0.1, -0.05) is 0 Å². The lowest BCUT2D eigenvalue weighted by Gasteiger charge is -2.34. The minimum Gasteiger partial charge on any atom is -0.464 e. The van der Waals surface area contributed by atoms with Gasteiger partial charge in [-0.15, -0.1) is 0 Å². The maximum absolute atomic E-state index is 5.69. The van der Waals surface area contributed by atoms with Crippen LogP contribution >= 0.6 is 11.8 Å². The van der Waals surface area contributed by atoms with Crippen LogP contribution in [0, 0.1) is 6.92 Å². The van der Waals surface area contributed by atoms with Gasteiger partial charge in [-0.2, -0.15) is 11.8 Å². The molecule has 1 aliphatic rings. The van der Waals surface area contributed by atoms with E-state index >= 15 is 0 Å². The number of ether oxygens (including phenoxy) is 1. The molecule has 0 spiro atoms. The lowest BCUT2D eigenvalue weighted by Crippen LogP contribution is -2.41. The maximum atomic E-state index is 5.69. The van der Waals surface area contributed by atoms with Crippen molar-refractivity contribution in [1.29, 1.82) is 0 Å². The van der Waals surface area contributed by atoms with E-state index in [2.05, 4.69) is 30.7 Å². The molecule has 0 bridgehead atoms. The SMILES string of the molecule is CCNC(=NCC1(SC)CCOCC1)NC(C)c1ccc(C)o1. The molecule has 1 saturated heterocycles. The summed E-state index contributed by atoms with van der Waals surface area (Å²) in [4.78, 5) is 4.83. The molecule has 2 heterocycles. The van der Waals surface area contributed by atoms with Crippen molar-refractivity contribution < 1.29 is 9.15 Å². The van der Waals surface area contributed by atoms with Crippen molar-refractivity contribution in [3.63, 3.8) is 0 Å². The van der Waals surface area contributed by atoms with Gasteiger partial charge in [0.15, 0.2) is 5.96 Å². The van der Waals surface area contributed by atoms with Crippen LogP contribution in [0.2, 0.25) is 0 Å². The van der Waals surface area contributed by atoms with Crippen molar-refractivity contribution in [2.24, 2.45) is 4.99 Å². The third kappa shape index (κ3) is 5.18. The fourth-order valence-electron chi connectivity index (χ4n) is 2.68. The lowest BCUT2D eigenvalue weighted by molar-refractivity contribution is 0.0794. The second-order valence-corrected chi connectivity index (χ2v) is 7.28. The van der Waals surface area contributed by atoms with Crippen LogP contribution in [0.15, 0.2) is 21.5 Å². The van der Waals surface area contributed by atoms with Gasteiger partial charge in [-0.05, 0) is 52.0 Å². The monoisotopic (exact) mass is 339 g/mol. The minimum atomic E-state index is 0.0846. The summed E-state index contributed by atoms with van der Waals surface area (Å²) < 4.78 is 11.4. The van der Waals surface area contributed by atoms with Crippen LogP contribution in [-0.4, -0.2) is 43.3 Å². The first-order valence-electron chi connectivity index (χ1n) is 8.32. The number of furan rings is 1. The van der Waals surface area contributed by atoms with E-state index in [4.69, 9.17) is 14.1 Å². The van der Waals surface area contributed by atoms with E-state index in [9.17, 15) is 0 Å². The first-order chi connectivity index (χ1) is 11.1. The topological polar surface area (TPSA) is 58.8 Å². The predicted octanol–water partition coefficient (Wildman–Crippen LogP) is 3.12. The van der Waals surface area contributed by atoms with Gasteiger partial charge in [-0.25, -0.2) is 0 Å². The highest BCUT2D eigenvalue weighted by atomic mass is 32.2. The van der Waals surface area contributed by atoms with E-state index in [-0.39, 0.29) is 10.8 Å². The van der Waals surface area contributed by atoms with E-state index in [0.717, 1.165) is 56.6 Å². The zero-order chi connectivity index (χ0) is 16.7. The van der Waals surface area contributed by atoms with Crippen LogP contribution in [-0.2, 0) is 4.74 Å². The standard InChI is InChI=1S/C17H29N3O2S/c1-5-18-16(20-14(3)15-7-6-13(2)22-15)19-12-17(23-4)8-10-21-11-9-17/h6-7,14H,5,8-12H2,1-4H3,(H2,18,19,20). The smallest absolute Gasteiger partial charge is 0.191 e. The van der Waals surface area contributed by atoms with Gasteiger partial charge >= 0.3 is 0 Å². The van der Waals surface area contributed by atoms with Crippen LogP contribution in [0.3, 0.4) is 0 Å². The Labute approximate surface area is 143 Å². The molecule has 1 atom stereocenters. The van der Waals surface area contributed by atoms with Gasteiger partial charge in [0.05, 0.1) is 12.6 Å². The second kappa shape index (κ2) is 8.64. The molecule has 6 heteroatoms. The third-order valence-electron chi connectivity index (χ3n) is 4.25. The quantitative estimate of drug-likeness (QED) is 0.616. The van der Waals surface area contributed by atoms with E-state index in [0.29, 0.717) is 0 Å². The Morgan fingerprint density at radius 1 is 1.39 bits per heavy atom. The first-order valence-corrected chi connectivity index (χ1v) is 9.55. The Balaban J connectivity index is 2.01. The highest BCUT2D eigenvalue weighted by molar-refractivity contribution is 8.00. The highest BCUT2D eigenvalue weighted by Crippen LogP contribution is 2.34. The maximum Gasteiger partial charge on any atom is 0.191 e. The fourth-order valence-corrected chi connectivity index (χ4v) is 3.44. The number of nitrogens with zero attached hydrogens (tertiary/aromatic N) is 1. The molecule has 1 fully saturated rings. The van der Waals surface area contributed by atoms with Crippen LogP contribution in [0.1, 0.15) is 44.3 Å². The Morgan fingerprint density at radius 3 is 2.70 bits per heavy atom. The molecule has 1 aromatic heterocycles. The van der Waals surface area contributed by atoms with Crippen molar-refractivity contribution >= 4 is 17.7 Å². The van der Waals surface area contributed by atoms with Crippen LogP contribution in [0.5, 0.6) is 0 Å². The molecule has 2 N–H and O–H groups in total. The van der Waals surface area contributed by atoms with Crippen molar-refractivity contribution in [2.45, 2.75) is 44.4 Å². The van der Waals surface area contributed by atoms with Crippen molar-refractivity contribution in [3.8, 4) is 0 Å². The molecular formula is C17H29N3O2S. The summed E-state index contributed by atoms with van der Waals surface area (Å²) in [7, 11) is 0. The van der Waals surface area contributed by atoms with Gasteiger partial charge in [0.1, 0.15) is 11.5 Å². The van der Waals surface area contributed by atoms with E-state index in [1.165, 1.54) is 0 Å². The predicted molar refractivity (Wildman–Crippen MR) is 97.3 cm³/mol. The summed E-state index contributed by atoms with van der Waals surface area (Å²) in [5.41, 5.74) is 0. The van der Waals surface area contributed by atoms with Crippen LogP contribution in [0.25, 0.3) is 0 Å². The third-order valence-corrected chi connectivity index (χ3v) is 5.65. The first kappa shape index (κ1) is 18.2. The molecule has 1 aliphatic heterocycles. The van der Waals surface area contributed by atoms with Gasteiger partial charge in [0.2, 0.25) is 0 Å². The number of nitrogens with one attached hydrogen (secondary N) is 2. The lowest BCUT2D eigenvalue weighted by atomic mass is 9.99. The summed E-state index contributed by atoms with van der Waals surface area (Å²) in [5, 5.41) is 6.76. The Kier molecular flexibility index (Phi) is 6.84. The summed E-state index contributed by atoms with van der Waals surface area (Å²) >= 11 is 1.91. The van der Waals surface area contributed by atoms with E-state index in [1.807, 2.05) is 30.8 Å². The average Bonchev–Trinajstić information content (AvgIpc) is 3.00. The van der Waals surface area contributed by atoms with Crippen LogP contribution < -0.4 is 10.6 Å². The molecule has 0 radical (unpaired) electrons. The summed E-state index contributed by atoms with van der Waals surface area (Å²) in [6.07, 6.45) is 4.30. The normalized spacial score (nSPS) is 19.4. The summed E-state index contributed by atoms with van der Waals surface area (Å²) in [5.74, 6) is 2.70. The summed E-state index contributed by atoms with van der Waals surface area (Å²) in [6, 6.07) is 4.09. The minimum absolute atomic E-state index is 0.0846. The molecule has 0 aliphatic carbocycles. The molecule has 1 aromatic rings. The van der Waals surface area contributed by atoms with Gasteiger partial charge < -0.3 is 19.8 Å². The molecule has 0 amide bonds. The van der Waals surface area contributed by atoms with Gasteiger partial charge in [0.25, 0.3) is 0 Å². The Hall–Kier alpha value is -1.14. The van der Waals surface area contributed by atoms with Gasteiger partial charge in [0, 0.05) is 24.5 Å². The Morgan fingerprint density at radius 2 is 2.13 bits per heavy atom. The van der Waals surface area contributed by atoms with Crippen molar-refractivity contribution in [2.75, 3.05) is 32.6 Å².